The molecular weight excluding hydrogens is 402 g/mol. The van der Waals surface area contributed by atoms with E-state index in [-0.39, 0.29) is 24.3 Å². The van der Waals surface area contributed by atoms with Crippen LogP contribution in [0.3, 0.4) is 0 Å². The van der Waals surface area contributed by atoms with Crippen molar-refractivity contribution in [2.45, 2.75) is 31.7 Å². The Hall–Kier alpha value is -2.51. The maximum absolute atomic E-state index is 13.3. The van der Waals surface area contributed by atoms with E-state index in [4.69, 9.17) is 0 Å². The van der Waals surface area contributed by atoms with Gasteiger partial charge in [0.15, 0.2) is 5.13 Å². The van der Waals surface area contributed by atoms with E-state index in [1.54, 1.807) is 16.2 Å². The number of thiazole rings is 1. The number of carbonyl (C=O) groups excluding carboxylic acids is 2. The Bertz CT molecular complexity index is 1040. The Kier molecular flexibility index (Phi) is 4.93. The van der Waals surface area contributed by atoms with E-state index in [1.807, 2.05) is 28.5 Å². The monoisotopic (exact) mass is 423 g/mol. The van der Waals surface area contributed by atoms with Crippen molar-refractivity contribution in [2.24, 2.45) is 0 Å². The van der Waals surface area contributed by atoms with Crippen molar-refractivity contribution >= 4 is 39.6 Å². The number of aromatic nitrogens is 1. The highest BCUT2D eigenvalue weighted by Gasteiger charge is 2.33. The highest BCUT2D eigenvalue weighted by Crippen LogP contribution is 2.38. The molecule has 5 nitrogen and oxygen atoms in total. The molecule has 0 saturated carbocycles. The summed E-state index contributed by atoms with van der Waals surface area (Å²) in [6.45, 7) is 1.44. The molecule has 1 fully saturated rings. The number of amides is 2. The second kappa shape index (κ2) is 7.72. The summed E-state index contributed by atoms with van der Waals surface area (Å²) in [5.74, 6) is 0.211. The SMILES string of the molecule is O=C1CCCN1c1nc(CC(=O)N2CCc3sccc3C2c2ccccc2)cs1. The quantitative estimate of drug-likeness (QED) is 0.636. The lowest BCUT2D eigenvalue weighted by Crippen LogP contribution is -2.41. The molecule has 0 bridgehead atoms. The average Bonchev–Trinajstić information content (AvgIpc) is 3.48. The van der Waals surface area contributed by atoms with E-state index in [9.17, 15) is 9.59 Å². The van der Waals surface area contributed by atoms with Gasteiger partial charge in [-0.05, 0) is 35.4 Å². The zero-order chi connectivity index (χ0) is 19.8. The van der Waals surface area contributed by atoms with Gasteiger partial charge in [0.2, 0.25) is 11.8 Å². The fourth-order valence-electron chi connectivity index (χ4n) is 4.19. The molecule has 7 heteroatoms. The highest BCUT2D eigenvalue weighted by molar-refractivity contribution is 7.14. The van der Waals surface area contributed by atoms with E-state index in [0.717, 1.165) is 30.6 Å². The Labute approximate surface area is 177 Å². The van der Waals surface area contributed by atoms with Gasteiger partial charge in [-0.25, -0.2) is 4.98 Å². The summed E-state index contributed by atoms with van der Waals surface area (Å²) in [5.41, 5.74) is 3.13. The maximum atomic E-state index is 13.3. The number of nitrogens with zero attached hydrogens (tertiary/aromatic N) is 3. The molecule has 1 aromatic carbocycles. The molecule has 0 aliphatic carbocycles. The smallest absolute Gasteiger partial charge is 0.229 e. The number of benzene rings is 1. The summed E-state index contributed by atoms with van der Waals surface area (Å²) in [4.78, 5) is 34.9. The first-order valence-electron chi connectivity index (χ1n) is 9.86. The molecule has 1 saturated heterocycles. The lowest BCUT2D eigenvalue weighted by atomic mass is 9.93. The predicted molar refractivity (Wildman–Crippen MR) is 115 cm³/mol. The Balaban J connectivity index is 1.39. The van der Waals surface area contributed by atoms with Crippen molar-refractivity contribution in [1.82, 2.24) is 9.88 Å². The molecular formula is C22H21N3O2S2. The summed E-state index contributed by atoms with van der Waals surface area (Å²) in [7, 11) is 0. The maximum Gasteiger partial charge on any atom is 0.229 e. The van der Waals surface area contributed by atoms with Gasteiger partial charge in [0, 0.05) is 29.8 Å². The van der Waals surface area contributed by atoms with Crippen LogP contribution in [-0.4, -0.2) is 34.8 Å². The molecule has 4 heterocycles. The normalized spacial score (nSPS) is 18.9. The summed E-state index contributed by atoms with van der Waals surface area (Å²) < 4.78 is 0. The van der Waals surface area contributed by atoms with Gasteiger partial charge in [-0.3, -0.25) is 14.5 Å². The lowest BCUT2D eigenvalue weighted by molar-refractivity contribution is -0.132. The van der Waals surface area contributed by atoms with Gasteiger partial charge in [-0.1, -0.05) is 30.3 Å². The van der Waals surface area contributed by atoms with Gasteiger partial charge in [0.05, 0.1) is 18.2 Å². The number of anilines is 1. The van der Waals surface area contributed by atoms with E-state index < -0.39 is 0 Å². The molecule has 0 spiro atoms. The minimum atomic E-state index is -0.0445. The van der Waals surface area contributed by atoms with Crippen molar-refractivity contribution in [3.8, 4) is 0 Å². The van der Waals surface area contributed by atoms with Crippen LogP contribution < -0.4 is 4.90 Å². The molecule has 2 aliphatic heterocycles. The second-order valence-corrected chi connectivity index (χ2v) is 9.23. The van der Waals surface area contributed by atoms with E-state index >= 15 is 0 Å². The fourth-order valence-corrected chi connectivity index (χ4v) is 5.96. The largest absolute Gasteiger partial charge is 0.331 e. The number of hydrogen-bond acceptors (Lipinski definition) is 5. The molecule has 1 unspecified atom stereocenters. The summed E-state index contributed by atoms with van der Waals surface area (Å²) in [6, 6.07) is 12.4. The minimum absolute atomic E-state index is 0.0445. The summed E-state index contributed by atoms with van der Waals surface area (Å²) in [6.07, 6.45) is 2.62. The lowest BCUT2D eigenvalue weighted by Gasteiger charge is -2.36. The topological polar surface area (TPSA) is 53.5 Å². The van der Waals surface area contributed by atoms with E-state index in [2.05, 4.69) is 28.6 Å². The molecule has 2 aromatic heterocycles. The molecule has 2 amide bonds. The van der Waals surface area contributed by atoms with Crippen LogP contribution in [0.5, 0.6) is 0 Å². The van der Waals surface area contributed by atoms with Gasteiger partial charge in [0.1, 0.15) is 0 Å². The fraction of sp³-hybridized carbons (Fsp3) is 0.318. The van der Waals surface area contributed by atoms with Crippen LogP contribution in [0, 0.1) is 0 Å². The number of carbonyl (C=O) groups is 2. The Morgan fingerprint density at radius 1 is 1.10 bits per heavy atom. The van der Waals surface area contributed by atoms with Gasteiger partial charge in [0.25, 0.3) is 0 Å². The first-order valence-corrected chi connectivity index (χ1v) is 11.6. The van der Waals surface area contributed by atoms with Crippen LogP contribution in [-0.2, 0) is 22.4 Å². The summed E-state index contributed by atoms with van der Waals surface area (Å²) >= 11 is 3.22. The zero-order valence-electron chi connectivity index (χ0n) is 15.9. The molecule has 5 rings (SSSR count). The van der Waals surface area contributed by atoms with Gasteiger partial charge in [-0.2, -0.15) is 0 Å². The second-order valence-electron chi connectivity index (χ2n) is 7.40. The van der Waals surface area contributed by atoms with Crippen LogP contribution in [0.25, 0.3) is 0 Å². The van der Waals surface area contributed by atoms with E-state index in [0.29, 0.717) is 18.1 Å². The molecule has 148 valence electrons. The number of rotatable bonds is 4. The van der Waals surface area contributed by atoms with Crippen LogP contribution in [0.15, 0.2) is 47.2 Å². The van der Waals surface area contributed by atoms with Crippen molar-refractivity contribution in [2.75, 3.05) is 18.0 Å². The Morgan fingerprint density at radius 2 is 1.97 bits per heavy atom. The molecule has 3 aromatic rings. The first-order chi connectivity index (χ1) is 14.2. The molecule has 2 aliphatic rings. The minimum Gasteiger partial charge on any atom is -0.331 e. The van der Waals surface area contributed by atoms with Crippen LogP contribution >= 0.6 is 22.7 Å². The third-order valence-electron chi connectivity index (χ3n) is 5.58. The van der Waals surface area contributed by atoms with Crippen molar-refractivity contribution in [1.29, 1.82) is 0 Å². The summed E-state index contributed by atoms with van der Waals surface area (Å²) in [5, 5.41) is 4.75. The predicted octanol–water partition coefficient (Wildman–Crippen LogP) is 4.05. The van der Waals surface area contributed by atoms with Gasteiger partial charge < -0.3 is 4.90 Å². The highest BCUT2D eigenvalue weighted by atomic mass is 32.1. The van der Waals surface area contributed by atoms with Crippen molar-refractivity contribution < 1.29 is 9.59 Å². The Morgan fingerprint density at radius 3 is 2.76 bits per heavy atom. The first kappa shape index (κ1) is 18.5. The zero-order valence-corrected chi connectivity index (χ0v) is 17.5. The van der Waals surface area contributed by atoms with Gasteiger partial charge in [-0.15, -0.1) is 22.7 Å². The third-order valence-corrected chi connectivity index (χ3v) is 7.49. The molecule has 0 radical (unpaired) electrons. The average molecular weight is 424 g/mol. The van der Waals surface area contributed by atoms with Gasteiger partial charge >= 0.3 is 0 Å². The molecule has 1 atom stereocenters. The molecule has 29 heavy (non-hydrogen) atoms. The van der Waals surface area contributed by atoms with Crippen LogP contribution in [0.4, 0.5) is 5.13 Å². The van der Waals surface area contributed by atoms with Crippen LogP contribution in [0.2, 0.25) is 0 Å². The van der Waals surface area contributed by atoms with Crippen molar-refractivity contribution in [3.05, 3.63) is 68.9 Å². The molecule has 0 N–H and O–H groups in total. The van der Waals surface area contributed by atoms with Crippen LogP contribution in [0.1, 0.15) is 40.6 Å². The van der Waals surface area contributed by atoms with E-state index in [1.165, 1.54) is 21.8 Å². The number of thiophene rings is 1. The number of hydrogen-bond donors (Lipinski definition) is 0. The standard InChI is InChI=1S/C22H21N3O2S2/c26-19-7-4-10-25(19)22-23-16(14-29-22)13-20(27)24-11-8-18-17(9-12-28-18)21(24)15-5-2-1-3-6-15/h1-3,5-6,9,12,14,21H,4,7-8,10-11,13H2. The number of fused-ring (bicyclic) bond motifs is 1. The third kappa shape index (κ3) is 3.49. The van der Waals surface area contributed by atoms with Crippen molar-refractivity contribution in [3.63, 3.8) is 0 Å².